The van der Waals surface area contributed by atoms with Crippen LogP contribution in [0.1, 0.15) is 0 Å². The minimum atomic E-state index is -0.406. The molecule has 1 aliphatic rings. The molecule has 1 aromatic carbocycles. The highest BCUT2D eigenvalue weighted by Crippen LogP contribution is 2.41. The van der Waals surface area contributed by atoms with Crippen LogP contribution >= 0.6 is 28.3 Å². The van der Waals surface area contributed by atoms with E-state index in [9.17, 15) is 8.68 Å². The first-order valence-corrected chi connectivity index (χ1v) is 5.23. The molecule has 1 aliphatic heterocycles. The molecular formula is C8H5BrFNO2S. The summed E-state index contributed by atoms with van der Waals surface area (Å²) in [5.74, 6) is 0.0982. The lowest BCUT2D eigenvalue weighted by atomic mass is 10.2. The van der Waals surface area contributed by atoms with E-state index in [4.69, 9.17) is 4.74 Å². The first-order chi connectivity index (χ1) is 6.74. The van der Waals surface area contributed by atoms with E-state index in [0.717, 1.165) is 4.31 Å². The van der Waals surface area contributed by atoms with Gasteiger partial charge in [-0.1, -0.05) is 6.07 Å². The predicted molar refractivity (Wildman–Crippen MR) is 55.8 cm³/mol. The largest absolute Gasteiger partial charge is 0.481 e. The van der Waals surface area contributed by atoms with Crippen LogP contribution < -0.4 is 9.04 Å². The number of rotatable bonds is 1. The fraction of sp³-hybridized carbons (Fsp3) is 0.125. The third kappa shape index (κ3) is 1.48. The average Bonchev–Trinajstić information content (AvgIpc) is 2.19. The Morgan fingerprint density at radius 2 is 2.36 bits per heavy atom. The number of amides is 1. The van der Waals surface area contributed by atoms with Gasteiger partial charge in [0.25, 0.3) is 5.91 Å². The molecule has 3 nitrogen and oxygen atoms in total. The molecule has 0 spiro atoms. The van der Waals surface area contributed by atoms with Crippen molar-refractivity contribution in [2.24, 2.45) is 0 Å². The van der Waals surface area contributed by atoms with Gasteiger partial charge in [-0.3, -0.25) is 4.79 Å². The smallest absolute Gasteiger partial charge is 0.277 e. The van der Waals surface area contributed by atoms with E-state index in [-0.39, 0.29) is 18.9 Å². The maximum absolute atomic E-state index is 12.5. The van der Waals surface area contributed by atoms with Crippen molar-refractivity contribution in [3.05, 3.63) is 22.7 Å². The molecule has 1 amide bonds. The Labute approximate surface area is 92.8 Å². The molecule has 2 rings (SSSR count). The van der Waals surface area contributed by atoms with Crippen LogP contribution in [0.15, 0.2) is 22.7 Å². The van der Waals surface area contributed by atoms with Crippen LogP contribution in [0.3, 0.4) is 0 Å². The number of anilines is 1. The number of hydrogen-bond donors (Lipinski definition) is 0. The summed E-state index contributed by atoms with van der Waals surface area (Å²) in [6.07, 6.45) is 0. The number of ether oxygens (including phenoxy) is 1. The summed E-state index contributed by atoms with van der Waals surface area (Å²) >= 11 is 3.12. The molecule has 0 aliphatic carbocycles. The second-order valence-electron chi connectivity index (χ2n) is 2.63. The lowest BCUT2D eigenvalue weighted by Crippen LogP contribution is -2.33. The van der Waals surface area contributed by atoms with Crippen LogP contribution in [0.4, 0.5) is 9.57 Å². The zero-order valence-corrected chi connectivity index (χ0v) is 9.27. The molecule has 0 atom stereocenters. The van der Waals surface area contributed by atoms with Crippen LogP contribution in [0.2, 0.25) is 0 Å². The van der Waals surface area contributed by atoms with Crippen molar-refractivity contribution >= 4 is 39.9 Å². The molecule has 0 fully saturated rings. The third-order valence-corrected chi connectivity index (χ3v) is 2.96. The maximum Gasteiger partial charge on any atom is 0.277 e. The lowest BCUT2D eigenvalue weighted by molar-refractivity contribution is -0.119. The standard InChI is InChI=1S/C8H5BrFNO2S/c9-5-2-1-3-6-8(5)11(14-10)7(12)4-13-6/h1-3H,4H2. The van der Waals surface area contributed by atoms with Crippen molar-refractivity contribution in [1.29, 1.82) is 0 Å². The Hall–Kier alpha value is -0.750. The van der Waals surface area contributed by atoms with Gasteiger partial charge in [-0.15, -0.1) is 3.89 Å². The van der Waals surface area contributed by atoms with Crippen LogP contribution in [-0.4, -0.2) is 12.5 Å². The number of benzene rings is 1. The van der Waals surface area contributed by atoms with E-state index in [0.29, 0.717) is 15.9 Å². The number of nitrogens with zero attached hydrogens (tertiary/aromatic N) is 1. The zero-order valence-electron chi connectivity index (χ0n) is 6.87. The van der Waals surface area contributed by atoms with Crippen LogP contribution in [-0.2, 0) is 4.79 Å². The summed E-state index contributed by atoms with van der Waals surface area (Å²) in [6, 6.07) is 5.18. The summed E-state index contributed by atoms with van der Waals surface area (Å²) in [5, 5.41) is 0. The molecule has 0 radical (unpaired) electrons. The monoisotopic (exact) mass is 277 g/mol. The SMILES string of the molecule is O=C1COc2cccc(Br)c2N1SF. The first kappa shape index (κ1) is 9.79. The molecule has 0 bridgehead atoms. The van der Waals surface area contributed by atoms with Crippen molar-refractivity contribution in [2.45, 2.75) is 0 Å². The summed E-state index contributed by atoms with van der Waals surface area (Å²) in [6.45, 7) is -0.125. The summed E-state index contributed by atoms with van der Waals surface area (Å²) in [4.78, 5) is 11.3. The van der Waals surface area contributed by atoms with Crippen molar-refractivity contribution < 1.29 is 13.4 Å². The van der Waals surface area contributed by atoms with Gasteiger partial charge >= 0.3 is 0 Å². The molecule has 0 saturated heterocycles. The number of halogens is 2. The van der Waals surface area contributed by atoms with Crippen LogP contribution in [0.25, 0.3) is 0 Å². The summed E-state index contributed by atoms with van der Waals surface area (Å²) in [5.41, 5.74) is 0.427. The second kappa shape index (κ2) is 3.78. The fourth-order valence-corrected chi connectivity index (χ4v) is 2.23. The van der Waals surface area contributed by atoms with Gasteiger partial charge in [0.15, 0.2) is 18.9 Å². The molecule has 1 aromatic rings. The Kier molecular flexibility index (Phi) is 2.64. The summed E-state index contributed by atoms with van der Waals surface area (Å²) in [7, 11) is 0. The molecular weight excluding hydrogens is 273 g/mol. The molecule has 6 heteroatoms. The van der Waals surface area contributed by atoms with Crippen LogP contribution in [0, 0.1) is 0 Å². The molecule has 74 valence electrons. The minimum absolute atomic E-state index is 0.116. The van der Waals surface area contributed by atoms with E-state index in [1.807, 2.05) is 0 Å². The van der Waals surface area contributed by atoms with Gasteiger partial charge in [-0.2, -0.15) is 0 Å². The number of carbonyl (C=O) groups is 1. The third-order valence-electron chi connectivity index (χ3n) is 1.80. The van der Waals surface area contributed by atoms with Crippen molar-refractivity contribution in [2.75, 3.05) is 10.9 Å². The first-order valence-electron chi connectivity index (χ1n) is 3.77. The molecule has 0 unspecified atom stereocenters. The number of para-hydroxylation sites is 1. The Morgan fingerprint density at radius 1 is 1.57 bits per heavy atom. The van der Waals surface area contributed by atoms with Gasteiger partial charge in [-0.05, 0) is 28.1 Å². The Bertz CT molecular complexity index is 388. The van der Waals surface area contributed by atoms with Crippen LogP contribution in [0.5, 0.6) is 5.75 Å². The van der Waals surface area contributed by atoms with Crippen molar-refractivity contribution in [3.8, 4) is 5.75 Å². The Morgan fingerprint density at radius 3 is 3.07 bits per heavy atom. The quantitative estimate of drug-likeness (QED) is 0.740. The van der Waals surface area contributed by atoms with Gasteiger partial charge in [0.05, 0.1) is 0 Å². The van der Waals surface area contributed by atoms with E-state index in [1.165, 1.54) is 0 Å². The van der Waals surface area contributed by atoms with Crippen molar-refractivity contribution in [1.82, 2.24) is 0 Å². The number of hydrogen-bond acceptors (Lipinski definition) is 3. The maximum atomic E-state index is 12.5. The zero-order chi connectivity index (χ0) is 10.1. The highest BCUT2D eigenvalue weighted by atomic mass is 79.9. The van der Waals surface area contributed by atoms with Gasteiger partial charge < -0.3 is 4.74 Å². The predicted octanol–water partition coefficient (Wildman–Crippen LogP) is 2.71. The highest BCUT2D eigenvalue weighted by Gasteiger charge is 2.28. The lowest BCUT2D eigenvalue weighted by Gasteiger charge is -2.25. The molecule has 14 heavy (non-hydrogen) atoms. The minimum Gasteiger partial charge on any atom is -0.481 e. The van der Waals surface area contributed by atoms with Gasteiger partial charge in [0.1, 0.15) is 11.4 Å². The molecule has 0 saturated carbocycles. The fourth-order valence-electron chi connectivity index (χ4n) is 1.20. The molecule has 1 heterocycles. The number of carbonyl (C=O) groups excluding carboxylic acids is 1. The molecule has 0 aromatic heterocycles. The highest BCUT2D eigenvalue weighted by molar-refractivity contribution is 9.10. The second-order valence-corrected chi connectivity index (χ2v) is 3.99. The average molecular weight is 278 g/mol. The van der Waals surface area contributed by atoms with Gasteiger partial charge in [0.2, 0.25) is 0 Å². The topological polar surface area (TPSA) is 29.5 Å². The van der Waals surface area contributed by atoms with Gasteiger partial charge in [0, 0.05) is 4.47 Å². The van der Waals surface area contributed by atoms with E-state index in [2.05, 4.69) is 15.9 Å². The van der Waals surface area contributed by atoms with E-state index < -0.39 is 5.91 Å². The number of fused-ring (bicyclic) bond motifs is 1. The Balaban J connectivity index is 2.54. The normalized spacial score (nSPS) is 15.0. The van der Waals surface area contributed by atoms with Crippen molar-refractivity contribution in [3.63, 3.8) is 0 Å². The molecule has 0 N–H and O–H groups in total. The van der Waals surface area contributed by atoms with Gasteiger partial charge in [-0.25, -0.2) is 4.31 Å². The van der Waals surface area contributed by atoms with E-state index >= 15 is 0 Å². The van der Waals surface area contributed by atoms with E-state index in [1.54, 1.807) is 18.2 Å². The summed E-state index contributed by atoms with van der Waals surface area (Å²) < 4.78 is 19.3.